The number of hydrogen-bond donors (Lipinski definition) is 2. The molecule has 10 nitrogen and oxygen atoms in total. The molecule has 0 radical (unpaired) electrons. The van der Waals surface area contributed by atoms with Gasteiger partial charge in [-0.2, -0.15) is 0 Å². The fraction of sp³-hybridized carbons (Fsp3) is 0.281. The summed E-state index contributed by atoms with van der Waals surface area (Å²) < 4.78 is 32.3. The van der Waals surface area contributed by atoms with Crippen LogP contribution in [0.5, 0.6) is 5.75 Å². The van der Waals surface area contributed by atoms with E-state index in [0.29, 0.717) is 16.9 Å². The summed E-state index contributed by atoms with van der Waals surface area (Å²) in [6.07, 6.45) is 6.89. The normalized spacial score (nSPS) is 13.3. The number of benzene rings is 1. The van der Waals surface area contributed by atoms with E-state index in [9.17, 15) is 19.5 Å². The minimum Gasteiger partial charge on any atom is -0.507 e. The lowest BCUT2D eigenvalue weighted by molar-refractivity contribution is -0.125. The molecule has 0 aliphatic carbocycles. The SMILES string of the molecule is C#CC(=O)N1CCN(c2c(C(=O)NC)c(=O)n(-c3c(C)ccnc3C(C)C)c3nc(-c4c(O)cccc4F)c(F)cc23)CC1. The number of aryl methyl sites for hydroxylation is 1. The maximum Gasteiger partial charge on any atom is 0.298 e. The molecule has 1 fully saturated rings. The first kappa shape index (κ1) is 30.2. The number of nitrogens with one attached hydrogen (secondary N) is 1. The number of piperazine rings is 1. The van der Waals surface area contributed by atoms with Gasteiger partial charge in [0.1, 0.15) is 22.8 Å². The third-order valence-electron chi connectivity index (χ3n) is 7.69. The molecule has 0 atom stereocenters. The van der Waals surface area contributed by atoms with E-state index in [2.05, 4.69) is 21.2 Å². The van der Waals surface area contributed by atoms with E-state index < -0.39 is 46.0 Å². The molecule has 12 heteroatoms. The zero-order valence-electron chi connectivity index (χ0n) is 24.6. The predicted molar refractivity (Wildman–Crippen MR) is 162 cm³/mol. The van der Waals surface area contributed by atoms with Crippen LogP contribution in [0.1, 0.15) is 41.4 Å². The Bertz CT molecular complexity index is 1900. The first-order valence-corrected chi connectivity index (χ1v) is 14.0. The third-order valence-corrected chi connectivity index (χ3v) is 7.69. The molecule has 1 aliphatic heterocycles. The molecule has 5 rings (SSSR count). The molecule has 0 spiro atoms. The van der Waals surface area contributed by atoms with Crippen LogP contribution < -0.4 is 15.8 Å². The molecule has 0 unspecified atom stereocenters. The van der Waals surface area contributed by atoms with Crippen LogP contribution in [-0.4, -0.2) is 69.6 Å². The molecule has 2 amide bonds. The third kappa shape index (κ3) is 5.00. The monoisotopic (exact) mass is 600 g/mol. The number of anilines is 1. The maximum atomic E-state index is 16.0. The summed E-state index contributed by atoms with van der Waals surface area (Å²) in [7, 11) is 1.38. The number of phenolic OH excluding ortho intramolecular Hbond substituents is 1. The van der Waals surface area contributed by atoms with Gasteiger partial charge in [0.25, 0.3) is 17.4 Å². The highest BCUT2D eigenvalue weighted by molar-refractivity contribution is 6.07. The van der Waals surface area contributed by atoms with Crippen molar-refractivity contribution in [1.29, 1.82) is 0 Å². The summed E-state index contributed by atoms with van der Waals surface area (Å²) in [4.78, 5) is 52.3. The second-order valence-corrected chi connectivity index (χ2v) is 10.7. The van der Waals surface area contributed by atoms with Crippen molar-refractivity contribution >= 4 is 28.5 Å². The van der Waals surface area contributed by atoms with Crippen LogP contribution in [0.3, 0.4) is 0 Å². The first-order valence-electron chi connectivity index (χ1n) is 14.0. The van der Waals surface area contributed by atoms with E-state index in [0.717, 1.165) is 12.1 Å². The number of fused-ring (bicyclic) bond motifs is 1. The highest BCUT2D eigenvalue weighted by Crippen LogP contribution is 2.38. The molecule has 4 aromatic rings. The molecule has 0 bridgehead atoms. The van der Waals surface area contributed by atoms with Gasteiger partial charge in [-0.3, -0.25) is 23.9 Å². The lowest BCUT2D eigenvalue weighted by Crippen LogP contribution is -2.49. The fourth-order valence-corrected chi connectivity index (χ4v) is 5.57. The van der Waals surface area contributed by atoms with E-state index in [4.69, 9.17) is 6.42 Å². The van der Waals surface area contributed by atoms with Gasteiger partial charge < -0.3 is 20.2 Å². The summed E-state index contributed by atoms with van der Waals surface area (Å²) in [5, 5.41) is 13.1. The van der Waals surface area contributed by atoms with Gasteiger partial charge in [-0.1, -0.05) is 19.9 Å². The Hall–Kier alpha value is -5.31. The van der Waals surface area contributed by atoms with Gasteiger partial charge in [0.15, 0.2) is 11.5 Å². The van der Waals surface area contributed by atoms with E-state index in [1.807, 2.05) is 13.8 Å². The second kappa shape index (κ2) is 11.8. The average Bonchev–Trinajstić information content (AvgIpc) is 3.00. The summed E-state index contributed by atoms with van der Waals surface area (Å²) >= 11 is 0. The molecule has 0 saturated carbocycles. The second-order valence-electron chi connectivity index (χ2n) is 10.7. The smallest absolute Gasteiger partial charge is 0.298 e. The summed E-state index contributed by atoms with van der Waals surface area (Å²) in [5.74, 6) is -1.74. The van der Waals surface area contributed by atoms with Crippen LogP contribution in [0.2, 0.25) is 0 Å². The Morgan fingerprint density at radius 1 is 1.09 bits per heavy atom. The number of amides is 2. The van der Waals surface area contributed by atoms with E-state index in [1.165, 1.54) is 28.6 Å². The van der Waals surface area contributed by atoms with Gasteiger partial charge in [0.05, 0.1) is 22.6 Å². The van der Waals surface area contributed by atoms with E-state index in [1.54, 1.807) is 24.1 Å². The summed E-state index contributed by atoms with van der Waals surface area (Å²) in [6.45, 7) is 6.28. The van der Waals surface area contributed by atoms with Gasteiger partial charge in [-0.05, 0) is 48.6 Å². The molecular weight excluding hydrogens is 570 g/mol. The largest absolute Gasteiger partial charge is 0.507 e. The van der Waals surface area contributed by atoms with Crippen molar-refractivity contribution in [2.45, 2.75) is 26.7 Å². The van der Waals surface area contributed by atoms with E-state index >= 15 is 8.78 Å². The number of hydrogen-bond acceptors (Lipinski definition) is 7. The molecule has 44 heavy (non-hydrogen) atoms. The number of carbonyl (C=O) groups is 2. The van der Waals surface area contributed by atoms with Crippen LogP contribution in [0, 0.1) is 30.9 Å². The highest BCUT2D eigenvalue weighted by atomic mass is 19.1. The van der Waals surface area contributed by atoms with Crippen molar-refractivity contribution in [3.8, 4) is 35.0 Å². The summed E-state index contributed by atoms with van der Waals surface area (Å²) in [5.41, 5.74) is -0.479. The Labute approximate surface area is 252 Å². The Morgan fingerprint density at radius 3 is 2.41 bits per heavy atom. The number of halogens is 2. The number of aromatic hydroxyl groups is 1. The Balaban J connectivity index is 1.94. The molecule has 1 aromatic carbocycles. The number of phenols is 1. The van der Waals surface area contributed by atoms with Crippen LogP contribution in [0.15, 0.2) is 41.3 Å². The lowest BCUT2D eigenvalue weighted by Gasteiger charge is -2.36. The number of carbonyl (C=O) groups excluding carboxylic acids is 2. The van der Waals surface area contributed by atoms with Crippen molar-refractivity contribution < 1.29 is 23.5 Å². The highest BCUT2D eigenvalue weighted by Gasteiger charge is 2.32. The van der Waals surface area contributed by atoms with Gasteiger partial charge in [0.2, 0.25) is 0 Å². The number of nitrogens with zero attached hydrogens (tertiary/aromatic N) is 5. The van der Waals surface area contributed by atoms with Crippen LogP contribution >= 0.6 is 0 Å². The first-order chi connectivity index (χ1) is 21.0. The van der Waals surface area contributed by atoms with Crippen molar-refractivity contribution in [3.05, 3.63) is 75.3 Å². The van der Waals surface area contributed by atoms with Gasteiger partial charge in [-0.25, -0.2) is 13.8 Å². The molecule has 1 aliphatic rings. The van der Waals surface area contributed by atoms with Gasteiger partial charge in [-0.15, -0.1) is 6.42 Å². The standard InChI is InChI=1S/C32H30F2N6O4/c1-6-23(42)38-12-14-39(15-13-38)29-19-16-21(34)27(24-20(33)8-7-9-22(24)41)37-30(19)40(32(44)25(29)31(43)35-5)28-18(4)10-11-36-26(28)17(2)3/h1,7-11,16-17,41H,12-15H2,2-5H3,(H,35,43). The Kier molecular flexibility index (Phi) is 8.06. The van der Waals surface area contributed by atoms with Crippen molar-refractivity contribution in [3.63, 3.8) is 0 Å². The van der Waals surface area contributed by atoms with Crippen molar-refractivity contribution in [2.75, 3.05) is 38.1 Å². The van der Waals surface area contributed by atoms with Crippen LogP contribution in [0.4, 0.5) is 14.5 Å². The topological polar surface area (TPSA) is 121 Å². The minimum absolute atomic E-state index is 0.0724. The quantitative estimate of drug-likeness (QED) is 0.337. The fourth-order valence-electron chi connectivity index (χ4n) is 5.57. The molecule has 4 heterocycles. The zero-order chi connectivity index (χ0) is 31.9. The number of aromatic nitrogens is 3. The molecule has 226 valence electrons. The summed E-state index contributed by atoms with van der Waals surface area (Å²) in [6, 6.07) is 6.32. The maximum absolute atomic E-state index is 16.0. The van der Waals surface area contributed by atoms with Gasteiger partial charge >= 0.3 is 0 Å². The van der Waals surface area contributed by atoms with Gasteiger partial charge in [0, 0.05) is 44.8 Å². The number of pyridine rings is 3. The molecule has 3 aromatic heterocycles. The lowest BCUT2D eigenvalue weighted by atomic mass is 10.0. The Morgan fingerprint density at radius 2 is 1.80 bits per heavy atom. The minimum atomic E-state index is -0.986. The van der Waals surface area contributed by atoms with Crippen molar-refractivity contribution in [1.82, 2.24) is 24.8 Å². The van der Waals surface area contributed by atoms with Crippen LogP contribution in [0.25, 0.3) is 28.0 Å². The molecule has 2 N–H and O–H groups in total. The molecule has 1 saturated heterocycles. The number of terminal acetylenes is 1. The number of rotatable bonds is 5. The average molecular weight is 601 g/mol. The predicted octanol–water partition coefficient (Wildman–Crippen LogP) is 3.50. The molecular formula is C32H30F2N6O4. The van der Waals surface area contributed by atoms with Crippen LogP contribution in [-0.2, 0) is 4.79 Å². The zero-order valence-corrected chi connectivity index (χ0v) is 24.6. The van der Waals surface area contributed by atoms with E-state index in [-0.39, 0.29) is 54.4 Å². The van der Waals surface area contributed by atoms with Crippen molar-refractivity contribution in [2.24, 2.45) is 0 Å².